The van der Waals surface area contributed by atoms with E-state index in [0.717, 1.165) is 6.42 Å². The molecule has 0 spiro atoms. The lowest BCUT2D eigenvalue weighted by atomic mass is 10.0. The molecule has 0 bridgehead atoms. The molecule has 0 saturated heterocycles. The smallest absolute Gasteiger partial charge is 0.0582 e. The van der Waals surface area contributed by atoms with Gasteiger partial charge in [0.25, 0.3) is 0 Å². The molecule has 78 valence electrons. The van der Waals surface area contributed by atoms with E-state index in [9.17, 15) is 0 Å². The molecule has 2 nitrogen and oxygen atoms in total. The highest BCUT2D eigenvalue weighted by Gasteiger charge is 2.10. The first-order chi connectivity index (χ1) is 6.77. The summed E-state index contributed by atoms with van der Waals surface area (Å²) in [7, 11) is 0. The van der Waals surface area contributed by atoms with Crippen LogP contribution in [0.2, 0.25) is 0 Å². The second-order valence-electron chi connectivity index (χ2n) is 3.62. The minimum atomic E-state index is 0.153. The zero-order valence-electron chi connectivity index (χ0n) is 8.90. The molecular weight excluding hydrogens is 174 g/mol. The fraction of sp³-hybridized carbons (Fsp3) is 0.500. The van der Waals surface area contributed by atoms with Crippen LogP contribution in [0.4, 0.5) is 0 Å². The Labute approximate surface area is 86.0 Å². The predicted octanol–water partition coefficient (Wildman–Crippen LogP) is 2.11. The van der Waals surface area contributed by atoms with Crippen LogP contribution in [0.1, 0.15) is 31.9 Å². The van der Waals surface area contributed by atoms with Crippen molar-refractivity contribution in [2.24, 2.45) is 0 Å². The van der Waals surface area contributed by atoms with E-state index in [1.165, 1.54) is 5.56 Å². The molecule has 0 aliphatic heterocycles. The minimum Gasteiger partial charge on any atom is -0.395 e. The van der Waals surface area contributed by atoms with Gasteiger partial charge in [-0.2, -0.15) is 0 Å². The summed E-state index contributed by atoms with van der Waals surface area (Å²) in [6.45, 7) is 4.32. The van der Waals surface area contributed by atoms with Gasteiger partial charge in [0.2, 0.25) is 0 Å². The predicted molar refractivity (Wildman–Crippen MR) is 59.2 cm³/mol. The molecule has 14 heavy (non-hydrogen) atoms. The van der Waals surface area contributed by atoms with Gasteiger partial charge in [-0.05, 0) is 18.9 Å². The van der Waals surface area contributed by atoms with Crippen molar-refractivity contribution in [2.75, 3.05) is 6.61 Å². The maximum Gasteiger partial charge on any atom is 0.0582 e. The van der Waals surface area contributed by atoms with Crippen LogP contribution in [0.3, 0.4) is 0 Å². The lowest BCUT2D eigenvalue weighted by Gasteiger charge is -2.21. The molecule has 0 amide bonds. The molecule has 1 rings (SSSR count). The van der Waals surface area contributed by atoms with Gasteiger partial charge < -0.3 is 10.4 Å². The standard InChI is InChI=1S/C12H19NO/c1-3-12(13-10(2)9-14)11-7-5-4-6-8-11/h4-8,10,12-14H,3,9H2,1-2H3/t10-,12-/m1/s1. The molecule has 0 unspecified atom stereocenters. The lowest BCUT2D eigenvalue weighted by molar-refractivity contribution is 0.239. The minimum absolute atomic E-state index is 0.153. The second-order valence-corrected chi connectivity index (χ2v) is 3.62. The number of aliphatic hydroxyl groups is 1. The van der Waals surface area contributed by atoms with E-state index in [-0.39, 0.29) is 12.6 Å². The zero-order chi connectivity index (χ0) is 10.4. The normalized spacial score (nSPS) is 15.1. The largest absolute Gasteiger partial charge is 0.395 e. The van der Waals surface area contributed by atoms with E-state index >= 15 is 0 Å². The number of aliphatic hydroxyl groups excluding tert-OH is 1. The summed E-state index contributed by atoms with van der Waals surface area (Å²) in [5, 5.41) is 12.3. The van der Waals surface area contributed by atoms with Crippen LogP contribution in [-0.2, 0) is 0 Å². The van der Waals surface area contributed by atoms with E-state index in [1.807, 2.05) is 25.1 Å². The molecule has 0 aromatic heterocycles. The number of nitrogens with one attached hydrogen (secondary N) is 1. The van der Waals surface area contributed by atoms with Crippen LogP contribution in [0.5, 0.6) is 0 Å². The fourth-order valence-corrected chi connectivity index (χ4v) is 1.53. The average molecular weight is 193 g/mol. The van der Waals surface area contributed by atoms with E-state index in [4.69, 9.17) is 5.11 Å². The number of benzene rings is 1. The monoisotopic (exact) mass is 193 g/mol. The Bertz CT molecular complexity index is 248. The van der Waals surface area contributed by atoms with Gasteiger partial charge in [0, 0.05) is 12.1 Å². The van der Waals surface area contributed by atoms with E-state index in [2.05, 4.69) is 24.4 Å². The molecule has 0 saturated carbocycles. The Kier molecular flexibility index (Phi) is 4.63. The summed E-state index contributed by atoms with van der Waals surface area (Å²) >= 11 is 0. The van der Waals surface area contributed by atoms with Crippen molar-refractivity contribution in [1.82, 2.24) is 5.32 Å². The van der Waals surface area contributed by atoms with Gasteiger partial charge in [-0.25, -0.2) is 0 Å². The SMILES string of the molecule is CC[C@@H](N[C@H](C)CO)c1ccccc1. The molecule has 2 atom stereocenters. The summed E-state index contributed by atoms with van der Waals surface area (Å²) in [5.41, 5.74) is 1.29. The molecule has 0 radical (unpaired) electrons. The van der Waals surface area contributed by atoms with Crippen LogP contribution in [-0.4, -0.2) is 17.8 Å². The van der Waals surface area contributed by atoms with Gasteiger partial charge in [0.15, 0.2) is 0 Å². The van der Waals surface area contributed by atoms with E-state index in [1.54, 1.807) is 0 Å². The molecule has 0 heterocycles. The second kappa shape index (κ2) is 5.78. The number of rotatable bonds is 5. The van der Waals surface area contributed by atoms with Gasteiger partial charge in [0.1, 0.15) is 0 Å². The number of hydrogen-bond donors (Lipinski definition) is 2. The van der Waals surface area contributed by atoms with E-state index in [0.29, 0.717) is 6.04 Å². The molecule has 1 aromatic carbocycles. The van der Waals surface area contributed by atoms with Crippen molar-refractivity contribution in [3.05, 3.63) is 35.9 Å². The Hall–Kier alpha value is -0.860. The lowest BCUT2D eigenvalue weighted by Crippen LogP contribution is -2.32. The molecule has 1 aromatic rings. The van der Waals surface area contributed by atoms with Crippen LogP contribution in [0, 0.1) is 0 Å². The topological polar surface area (TPSA) is 32.3 Å². The Balaban J connectivity index is 2.63. The van der Waals surface area contributed by atoms with Crippen molar-refractivity contribution in [3.63, 3.8) is 0 Å². The first-order valence-corrected chi connectivity index (χ1v) is 5.19. The molecule has 0 aliphatic rings. The molecule has 2 heteroatoms. The van der Waals surface area contributed by atoms with Crippen molar-refractivity contribution < 1.29 is 5.11 Å². The van der Waals surface area contributed by atoms with Crippen LogP contribution in [0.25, 0.3) is 0 Å². The third kappa shape index (κ3) is 3.13. The van der Waals surface area contributed by atoms with Crippen LogP contribution < -0.4 is 5.32 Å². The van der Waals surface area contributed by atoms with Crippen molar-refractivity contribution >= 4 is 0 Å². The summed E-state index contributed by atoms with van der Waals surface area (Å²) in [4.78, 5) is 0. The number of hydrogen-bond acceptors (Lipinski definition) is 2. The third-order valence-electron chi connectivity index (χ3n) is 2.37. The van der Waals surface area contributed by atoms with Crippen LogP contribution in [0.15, 0.2) is 30.3 Å². The maximum atomic E-state index is 8.96. The fourth-order valence-electron chi connectivity index (χ4n) is 1.53. The summed E-state index contributed by atoms with van der Waals surface area (Å²) in [6, 6.07) is 10.8. The first-order valence-electron chi connectivity index (χ1n) is 5.19. The summed E-state index contributed by atoms with van der Waals surface area (Å²) < 4.78 is 0. The van der Waals surface area contributed by atoms with Gasteiger partial charge >= 0.3 is 0 Å². The third-order valence-corrected chi connectivity index (χ3v) is 2.37. The summed E-state index contributed by atoms with van der Waals surface area (Å²) in [5.74, 6) is 0. The van der Waals surface area contributed by atoms with Crippen LogP contribution >= 0.6 is 0 Å². The molecule has 2 N–H and O–H groups in total. The van der Waals surface area contributed by atoms with Gasteiger partial charge in [0.05, 0.1) is 6.61 Å². The quantitative estimate of drug-likeness (QED) is 0.750. The summed E-state index contributed by atoms with van der Waals surface area (Å²) in [6.07, 6.45) is 1.04. The zero-order valence-corrected chi connectivity index (χ0v) is 8.90. The van der Waals surface area contributed by atoms with Crippen molar-refractivity contribution in [2.45, 2.75) is 32.4 Å². The van der Waals surface area contributed by atoms with E-state index < -0.39 is 0 Å². The van der Waals surface area contributed by atoms with Gasteiger partial charge in [-0.3, -0.25) is 0 Å². The highest BCUT2D eigenvalue weighted by molar-refractivity contribution is 5.18. The maximum absolute atomic E-state index is 8.96. The average Bonchev–Trinajstić information content (AvgIpc) is 2.26. The highest BCUT2D eigenvalue weighted by Crippen LogP contribution is 2.16. The van der Waals surface area contributed by atoms with Gasteiger partial charge in [-0.15, -0.1) is 0 Å². The Morgan fingerprint density at radius 1 is 1.29 bits per heavy atom. The Morgan fingerprint density at radius 2 is 1.93 bits per heavy atom. The molecule has 0 aliphatic carbocycles. The van der Waals surface area contributed by atoms with Crippen molar-refractivity contribution in [1.29, 1.82) is 0 Å². The Morgan fingerprint density at radius 3 is 2.43 bits per heavy atom. The van der Waals surface area contributed by atoms with Gasteiger partial charge in [-0.1, -0.05) is 37.3 Å². The molecular formula is C12H19NO. The first kappa shape index (κ1) is 11.2. The highest BCUT2D eigenvalue weighted by atomic mass is 16.3. The van der Waals surface area contributed by atoms with Crippen molar-refractivity contribution in [3.8, 4) is 0 Å². The molecule has 0 fully saturated rings.